The SMILES string of the molecule is [N-]=[N+]=NCCS(=O)(=O)c1ccc2c(c1)OCCCO2. The first-order valence-corrected chi connectivity index (χ1v) is 7.42. The Kier molecular flexibility index (Phi) is 4.13. The Balaban J connectivity index is 2.25. The Bertz CT molecular complexity index is 608. The molecule has 0 spiro atoms. The second-order valence-electron chi connectivity index (χ2n) is 3.93. The van der Waals surface area contributed by atoms with Crippen molar-refractivity contribution < 1.29 is 17.9 Å². The third-order valence-corrected chi connectivity index (χ3v) is 4.29. The van der Waals surface area contributed by atoms with Crippen LogP contribution in [0.3, 0.4) is 0 Å². The molecule has 19 heavy (non-hydrogen) atoms. The van der Waals surface area contributed by atoms with E-state index in [4.69, 9.17) is 15.0 Å². The van der Waals surface area contributed by atoms with Gasteiger partial charge in [-0.1, -0.05) is 5.11 Å². The first-order chi connectivity index (χ1) is 9.13. The van der Waals surface area contributed by atoms with Crippen LogP contribution in [0, 0.1) is 0 Å². The minimum absolute atomic E-state index is 0.0900. The molecule has 1 aliphatic heterocycles. The fourth-order valence-corrected chi connectivity index (χ4v) is 2.78. The molecule has 1 aliphatic rings. The van der Waals surface area contributed by atoms with Crippen molar-refractivity contribution in [3.63, 3.8) is 0 Å². The summed E-state index contributed by atoms with van der Waals surface area (Å²) in [5, 5.41) is 3.23. The highest BCUT2D eigenvalue weighted by molar-refractivity contribution is 7.91. The highest BCUT2D eigenvalue weighted by Crippen LogP contribution is 2.32. The minimum Gasteiger partial charge on any atom is -0.490 e. The lowest BCUT2D eigenvalue weighted by atomic mass is 10.3. The zero-order valence-corrected chi connectivity index (χ0v) is 11.0. The molecule has 8 heteroatoms. The normalized spacial score (nSPS) is 14.3. The van der Waals surface area contributed by atoms with E-state index in [2.05, 4.69) is 10.0 Å². The van der Waals surface area contributed by atoms with Crippen molar-refractivity contribution in [1.82, 2.24) is 0 Å². The van der Waals surface area contributed by atoms with Crippen LogP contribution in [0.4, 0.5) is 0 Å². The number of rotatable bonds is 4. The van der Waals surface area contributed by atoms with Crippen LogP contribution >= 0.6 is 0 Å². The third kappa shape index (κ3) is 3.30. The van der Waals surface area contributed by atoms with Crippen molar-refractivity contribution in [2.75, 3.05) is 25.5 Å². The van der Waals surface area contributed by atoms with Gasteiger partial charge < -0.3 is 9.47 Å². The molecule has 0 saturated heterocycles. The Morgan fingerprint density at radius 2 is 2.00 bits per heavy atom. The van der Waals surface area contributed by atoms with Crippen LogP contribution in [0.1, 0.15) is 6.42 Å². The molecule has 7 nitrogen and oxygen atoms in total. The maximum absolute atomic E-state index is 12.0. The van der Waals surface area contributed by atoms with Gasteiger partial charge in [0.2, 0.25) is 0 Å². The summed E-state index contributed by atoms with van der Waals surface area (Å²) in [7, 11) is -3.48. The number of benzene rings is 1. The number of azide groups is 1. The number of hydrogen-bond donors (Lipinski definition) is 0. The molecule has 1 aromatic carbocycles. The van der Waals surface area contributed by atoms with Gasteiger partial charge in [0.15, 0.2) is 21.3 Å². The Hall–Kier alpha value is -1.92. The molecule has 0 aromatic heterocycles. The average Bonchev–Trinajstić information content (AvgIpc) is 2.63. The maximum atomic E-state index is 12.0. The Labute approximate surface area is 110 Å². The van der Waals surface area contributed by atoms with Crippen LogP contribution in [0.2, 0.25) is 0 Å². The van der Waals surface area contributed by atoms with Crippen molar-refractivity contribution in [2.24, 2.45) is 5.11 Å². The van der Waals surface area contributed by atoms with E-state index in [0.29, 0.717) is 24.7 Å². The molecule has 0 atom stereocenters. The van der Waals surface area contributed by atoms with E-state index in [-0.39, 0.29) is 17.2 Å². The molecule has 0 N–H and O–H groups in total. The van der Waals surface area contributed by atoms with E-state index in [1.165, 1.54) is 12.1 Å². The molecule has 0 aliphatic carbocycles. The van der Waals surface area contributed by atoms with E-state index < -0.39 is 9.84 Å². The van der Waals surface area contributed by atoms with Gasteiger partial charge in [-0.25, -0.2) is 8.42 Å². The van der Waals surface area contributed by atoms with Crippen LogP contribution in [0.5, 0.6) is 11.5 Å². The summed E-state index contributed by atoms with van der Waals surface area (Å²) in [5.74, 6) is 0.755. The summed E-state index contributed by atoms with van der Waals surface area (Å²) in [4.78, 5) is 2.67. The van der Waals surface area contributed by atoms with Crippen molar-refractivity contribution in [2.45, 2.75) is 11.3 Å². The Morgan fingerprint density at radius 1 is 1.26 bits per heavy atom. The van der Waals surface area contributed by atoms with Gasteiger partial charge in [-0.3, -0.25) is 0 Å². The number of fused-ring (bicyclic) bond motifs is 1. The van der Waals surface area contributed by atoms with Crippen LogP contribution in [0.15, 0.2) is 28.2 Å². The molecule has 0 saturated carbocycles. The predicted molar refractivity (Wildman–Crippen MR) is 68.1 cm³/mol. The predicted octanol–water partition coefficient (Wildman–Crippen LogP) is 1.93. The van der Waals surface area contributed by atoms with Gasteiger partial charge in [-0.05, 0) is 17.7 Å². The lowest BCUT2D eigenvalue weighted by Crippen LogP contribution is -2.09. The zero-order chi connectivity index (χ0) is 13.7. The highest BCUT2D eigenvalue weighted by Gasteiger charge is 2.18. The van der Waals surface area contributed by atoms with Gasteiger partial charge in [0.1, 0.15) is 0 Å². The largest absolute Gasteiger partial charge is 0.490 e. The molecule has 0 unspecified atom stereocenters. The maximum Gasteiger partial charge on any atom is 0.178 e. The first kappa shape index (κ1) is 13.5. The summed E-state index contributed by atoms with van der Waals surface area (Å²) < 4.78 is 34.9. The topological polar surface area (TPSA) is 101 Å². The number of sulfone groups is 1. The molecule has 0 fully saturated rings. The van der Waals surface area contributed by atoms with Gasteiger partial charge >= 0.3 is 0 Å². The van der Waals surface area contributed by atoms with Crippen LogP contribution in [-0.4, -0.2) is 33.9 Å². The summed E-state index contributed by atoms with van der Waals surface area (Å²) in [6.45, 7) is 0.957. The van der Waals surface area contributed by atoms with E-state index in [0.717, 1.165) is 6.42 Å². The molecule has 0 radical (unpaired) electrons. The van der Waals surface area contributed by atoms with E-state index in [9.17, 15) is 8.42 Å². The van der Waals surface area contributed by atoms with Crippen molar-refractivity contribution in [3.8, 4) is 11.5 Å². The fraction of sp³-hybridized carbons (Fsp3) is 0.455. The lowest BCUT2D eigenvalue weighted by Gasteiger charge is -2.09. The molecule has 1 heterocycles. The van der Waals surface area contributed by atoms with Crippen LogP contribution < -0.4 is 9.47 Å². The summed E-state index contributed by atoms with van der Waals surface area (Å²) in [6.07, 6.45) is 0.758. The van der Waals surface area contributed by atoms with Gasteiger partial charge in [-0.15, -0.1) is 0 Å². The van der Waals surface area contributed by atoms with E-state index in [1.807, 2.05) is 0 Å². The number of ether oxygens (including phenoxy) is 2. The summed E-state index contributed by atoms with van der Waals surface area (Å²) >= 11 is 0. The first-order valence-electron chi connectivity index (χ1n) is 5.77. The minimum atomic E-state index is -3.48. The molecule has 1 aromatic rings. The van der Waals surface area contributed by atoms with Crippen molar-refractivity contribution in [1.29, 1.82) is 0 Å². The van der Waals surface area contributed by atoms with Crippen molar-refractivity contribution in [3.05, 3.63) is 28.6 Å². The molecule has 102 valence electrons. The number of hydrogen-bond acceptors (Lipinski definition) is 5. The number of nitrogens with zero attached hydrogens (tertiary/aromatic N) is 3. The van der Waals surface area contributed by atoms with Crippen LogP contribution in [-0.2, 0) is 9.84 Å². The van der Waals surface area contributed by atoms with E-state index in [1.54, 1.807) is 6.07 Å². The standard InChI is InChI=1S/C11H13N3O4S/c12-14-13-4-7-19(15,16)9-2-3-10-11(8-9)18-6-1-5-17-10/h2-3,8H,1,4-7H2. The van der Waals surface area contributed by atoms with Gasteiger partial charge in [0.25, 0.3) is 0 Å². The molecular weight excluding hydrogens is 270 g/mol. The third-order valence-electron chi connectivity index (χ3n) is 2.60. The van der Waals surface area contributed by atoms with Gasteiger partial charge in [0.05, 0.1) is 23.9 Å². The molecular formula is C11H13N3O4S. The smallest absolute Gasteiger partial charge is 0.178 e. The van der Waals surface area contributed by atoms with Gasteiger partial charge in [0, 0.05) is 23.9 Å². The molecule has 0 bridgehead atoms. The molecule has 0 amide bonds. The summed E-state index contributed by atoms with van der Waals surface area (Å²) in [5.41, 5.74) is 8.15. The fourth-order valence-electron chi connectivity index (χ4n) is 1.66. The monoisotopic (exact) mass is 283 g/mol. The van der Waals surface area contributed by atoms with Crippen molar-refractivity contribution >= 4 is 9.84 Å². The van der Waals surface area contributed by atoms with E-state index >= 15 is 0 Å². The quantitative estimate of drug-likeness (QED) is 0.478. The van der Waals surface area contributed by atoms with Crippen LogP contribution in [0.25, 0.3) is 10.4 Å². The molecule has 2 rings (SSSR count). The second kappa shape index (κ2) is 5.81. The van der Waals surface area contributed by atoms with Gasteiger partial charge in [-0.2, -0.15) is 0 Å². The average molecular weight is 283 g/mol. The lowest BCUT2D eigenvalue weighted by molar-refractivity contribution is 0.297. The zero-order valence-electron chi connectivity index (χ0n) is 10.2. The highest BCUT2D eigenvalue weighted by atomic mass is 32.2. The second-order valence-corrected chi connectivity index (χ2v) is 6.04. The summed E-state index contributed by atoms with van der Waals surface area (Å²) in [6, 6.07) is 4.51. The Morgan fingerprint density at radius 3 is 2.74 bits per heavy atom.